The quantitative estimate of drug-likeness (QED) is 0.632. The first-order valence-corrected chi connectivity index (χ1v) is 4.08. The van der Waals surface area contributed by atoms with Gasteiger partial charge in [-0.15, -0.1) is 0 Å². The average molecular weight is 156 g/mol. The molecular weight excluding hydrogens is 144 g/mol. The second kappa shape index (κ2) is 2.66. The summed E-state index contributed by atoms with van der Waals surface area (Å²) in [5.74, 6) is 0. The molecule has 1 rings (SSSR count). The Labute approximate surface area is 65.4 Å². The van der Waals surface area contributed by atoms with Crippen LogP contribution in [0.3, 0.4) is 0 Å². The van der Waals surface area contributed by atoms with E-state index in [0.29, 0.717) is 0 Å². The molecule has 0 saturated heterocycles. The van der Waals surface area contributed by atoms with Gasteiger partial charge in [0.05, 0.1) is 0 Å². The highest BCUT2D eigenvalue weighted by Gasteiger charge is 2.12. The maximum Gasteiger partial charge on any atom is 0.118 e. The Morgan fingerprint density at radius 1 is 1.50 bits per heavy atom. The van der Waals surface area contributed by atoms with E-state index in [4.69, 9.17) is 0 Å². The summed E-state index contributed by atoms with van der Waals surface area (Å²) in [6.07, 6.45) is 1.84. The molecule has 0 amide bonds. The van der Waals surface area contributed by atoms with Crippen molar-refractivity contribution in [2.75, 3.05) is 0 Å². The lowest BCUT2D eigenvalue weighted by Gasteiger charge is -2.14. The maximum absolute atomic E-state index is 4.04. The van der Waals surface area contributed by atoms with Gasteiger partial charge in [0.15, 0.2) is 0 Å². The average Bonchev–Trinajstić information content (AvgIpc) is 2.12. The summed E-state index contributed by atoms with van der Waals surface area (Å²) in [4.78, 5) is 0. The van der Waals surface area contributed by atoms with Crippen LogP contribution >= 0.6 is 11.8 Å². The molecule has 0 radical (unpaired) electrons. The molecule has 10 heavy (non-hydrogen) atoms. The van der Waals surface area contributed by atoms with Gasteiger partial charge in [0.2, 0.25) is 0 Å². The fraction of sp³-hybridized carbons (Fsp3) is 0.571. The summed E-state index contributed by atoms with van der Waals surface area (Å²) in [5, 5.41) is 7.88. The van der Waals surface area contributed by atoms with E-state index in [1.165, 1.54) is 0 Å². The monoisotopic (exact) mass is 156 g/mol. The molecule has 1 aromatic heterocycles. The predicted molar refractivity (Wildman–Crippen MR) is 44.2 cm³/mol. The molecule has 0 unspecified atom stereocenters. The number of hydrogen-bond donors (Lipinski definition) is 1. The van der Waals surface area contributed by atoms with Crippen molar-refractivity contribution in [3.8, 4) is 0 Å². The van der Waals surface area contributed by atoms with Gasteiger partial charge in [-0.1, -0.05) is 32.5 Å². The topological polar surface area (TPSA) is 28.7 Å². The zero-order valence-electron chi connectivity index (χ0n) is 6.51. The lowest BCUT2D eigenvalue weighted by Crippen LogP contribution is -2.06. The second-order valence-electron chi connectivity index (χ2n) is 3.13. The van der Waals surface area contributed by atoms with Crippen molar-refractivity contribution < 1.29 is 0 Å². The smallest absolute Gasteiger partial charge is 0.118 e. The highest BCUT2D eigenvalue weighted by atomic mass is 32.2. The Morgan fingerprint density at radius 2 is 2.20 bits per heavy atom. The molecule has 1 N–H and O–H groups in total. The van der Waals surface area contributed by atoms with Crippen molar-refractivity contribution in [3.63, 3.8) is 0 Å². The number of aromatic amines is 1. The standard InChI is InChI=1S/C7H12N2S/c1-7(2,3)10-6-4-5-8-9-6/h4-5H,1-3H3,(H,8,9). The third-order valence-electron chi connectivity index (χ3n) is 0.886. The van der Waals surface area contributed by atoms with Gasteiger partial charge in [-0.05, 0) is 6.07 Å². The summed E-state index contributed by atoms with van der Waals surface area (Å²) in [6.45, 7) is 6.52. The van der Waals surface area contributed by atoms with Crippen LogP contribution in [0.15, 0.2) is 17.3 Å². The first-order chi connectivity index (χ1) is 4.58. The molecule has 0 fully saturated rings. The highest BCUT2D eigenvalue weighted by Crippen LogP contribution is 2.29. The van der Waals surface area contributed by atoms with E-state index in [1.54, 1.807) is 11.8 Å². The van der Waals surface area contributed by atoms with Crippen LogP contribution in [0.4, 0.5) is 0 Å². The Bertz CT molecular complexity index is 186. The number of hydrogen-bond acceptors (Lipinski definition) is 2. The van der Waals surface area contributed by atoms with E-state index in [2.05, 4.69) is 31.0 Å². The summed E-state index contributed by atoms with van der Waals surface area (Å²) in [7, 11) is 0. The zero-order chi connectivity index (χ0) is 7.61. The summed E-state index contributed by atoms with van der Waals surface area (Å²) in [5.41, 5.74) is 0. The minimum atomic E-state index is 0.259. The Hall–Kier alpha value is -0.440. The van der Waals surface area contributed by atoms with Crippen LogP contribution in [-0.2, 0) is 0 Å². The van der Waals surface area contributed by atoms with Gasteiger partial charge in [0.1, 0.15) is 5.03 Å². The summed E-state index contributed by atoms with van der Waals surface area (Å²) in [6, 6.07) is 1.98. The lowest BCUT2D eigenvalue weighted by molar-refractivity contribution is 0.798. The minimum absolute atomic E-state index is 0.259. The minimum Gasteiger partial charge on any atom is -0.285 e. The summed E-state index contributed by atoms with van der Waals surface area (Å²) < 4.78 is 0.259. The molecule has 0 aliphatic rings. The van der Waals surface area contributed by atoms with Gasteiger partial charge in [-0.2, -0.15) is 5.10 Å². The van der Waals surface area contributed by atoms with Gasteiger partial charge in [0.25, 0.3) is 0 Å². The SMILES string of the molecule is CC(C)(C)Sc1cc[nH]n1. The first kappa shape index (κ1) is 7.66. The number of H-pyrrole nitrogens is 1. The zero-order valence-corrected chi connectivity index (χ0v) is 7.33. The van der Waals surface area contributed by atoms with E-state index in [1.807, 2.05) is 12.3 Å². The largest absolute Gasteiger partial charge is 0.285 e. The molecule has 0 bridgehead atoms. The molecule has 0 aliphatic heterocycles. The highest BCUT2D eigenvalue weighted by molar-refractivity contribution is 8.00. The van der Waals surface area contributed by atoms with E-state index >= 15 is 0 Å². The van der Waals surface area contributed by atoms with Gasteiger partial charge >= 0.3 is 0 Å². The fourth-order valence-corrected chi connectivity index (χ4v) is 1.48. The number of nitrogens with one attached hydrogen (secondary N) is 1. The molecule has 0 atom stereocenters. The molecule has 0 spiro atoms. The number of rotatable bonds is 1. The van der Waals surface area contributed by atoms with Gasteiger partial charge in [-0.3, -0.25) is 5.10 Å². The molecule has 56 valence electrons. The van der Waals surface area contributed by atoms with Crippen LogP contribution < -0.4 is 0 Å². The van der Waals surface area contributed by atoms with Crippen molar-refractivity contribution in [2.24, 2.45) is 0 Å². The molecule has 0 aromatic carbocycles. The molecule has 0 aliphatic carbocycles. The Kier molecular flexibility index (Phi) is 2.04. The van der Waals surface area contributed by atoms with Crippen LogP contribution in [-0.4, -0.2) is 14.9 Å². The second-order valence-corrected chi connectivity index (χ2v) is 4.97. The molecule has 1 aromatic rings. The van der Waals surface area contributed by atoms with Gasteiger partial charge in [0, 0.05) is 10.9 Å². The van der Waals surface area contributed by atoms with E-state index in [0.717, 1.165) is 5.03 Å². The molecule has 2 nitrogen and oxygen atoms in total. The van der Waals surface area contributed by atoms with Gasteiger partial charge in [-0.25, -0.2) is 0 Å². The van der Waals surface area contributed by atoms with Crippen molar-refractivity contribution in [1.29, 1.82) is 0 Å². The third-order valence-corrected chi connectivity index (χ3v) is 1.93. The normalized spacial score (nSPS) is 11.9. The van der Waals surface area contributed by atoms with E-state index in [-0.39, 0.29) is 4.75 Å². The van der Waals surface area contributed by atoms with Crippen LogP contribution in [0.25, 0.3) is 0 Å². The molecule has 0 saturated carbocycles. The fourth-order valence-electron chi connectivity index (χ4n) is 0.617. The van der Waals surface area contributed by atoms with Crippen molar-refractivity contribution in [1.82, 2.24) is 10.2 Å². The van der Waals surface area contributed by atoms with Crippen LogP contribution in [0.5, 0.6) is 0 Å². The predicted octanol–water partition coefficient (Wildman–Crippen LogP) is 2.30. The van der Waals surface area contributed by atoms with Crippen molar-refractivity contribution in [2.45, 2.75) is 30.5 Å². The lowest BCUT2D eigenvalue weighted by atomic mass is 10.3. The number of nitrogens with zero attached hydrogens (tertiary/aromatic N) is 1. The van der Waals surface area contributed by atoms with E-state index < -0.39 is 0 Å². The number of aromatic nitrogens is 2. The van der Waals surface area contributed by atoms with Crippen LogP contribution in [0, 0.1) is 0 Å². The van der Waals surface area contributed by atoms with Crippen LogP contribution in [0.2, 0.25) is 0 Å². The van der Waals surface area contributed by atoms with Crippen molar-refractivity contribution in [3.05, 3.63) is 12.3 Å². The van der Waals surface area contributed by atoms with Crippen LogP contribution in [0.1, 0.15) is 20.8 Å². The number of thioether (sulfide) groups is 1. The van der Waals surface area contributed by atoms with Gasteiger partial charge < -0.3 is 0 Å². The molecule has 3 heteroatoms. The Morgan fingerprint density at radius 3 is 2.60 bits per heavy atom. The van der Waals surface area contributed by atoms with E-state index in [9.17, 15) is 0 Å². The van der Waals surface area contributed by atoms with Crippen molar-refractivity contribution >= 4 is 11.8 Å². The summed E-state index contributed by atoms with van der Waals surface area (Å²) >= 11 is 1.77. The Balaban J connectivity index is 2.57. The third kappa shape index (κ3) is 2.43. The molecular formula is C7H12N2S. The molecule has 1 heterocycles. The first-order valence-electron chi connectivity index (χ1n) is 3.27. The maximum atomic E-state index is 4.04.